The van der Waals surface area contributed by atoms with Crippen LogP contribution in [0.5, 0.6) is 5.75 Å². The van der Waals surface area contributed by atoms with Crippen LogP contribution in [-0.4, -0.2) is 23.6 Å². The highest BCUT2D eigenvalue weighted by Gasteiger charge is 2.47. The molecule has 1 aliphatic heterocycles. The summed E-state index contributed by atoms with van der Waals surface area (Å²) in [5.74, 6) is 0.594. The molecule has 3 nitrogen and oxygen atoms in total. The molecule has 0 aromatic heterocycles. The first-order chi connectivity index (χ1) is 8.75. The van der Waals surface area contributed by atoms with Crippen LogP contribution in [-0.2, 0) is 4.74 Å². The van der Waals surface area contributed by atoms with Gasteiger partial charge in [0.1, 0.15) is 17.5 Å². The monoisotopic (exact) mass is 326 g/mol. The minimum Gasteiger partial charge on any atom is -0.485 e. The van der Waals surface area contributed by atoms with Gasteiger partial charge in [-0.3, -0.25) is 4.79 Å². The number of para-hydroxylation sites is 1. The predicted molar refractivity (Wildman–Crippen MR) is 77.8 cm³/mol. The summed E-state index contributed by atoms with van der Waals surface area (Å²) in [5.41, 5.74) is -0.0368. The first-order valence-corrected chi connectivity index (χ1v) is 7.15. The zero-order valence-electron chi connectivity index (χ0n) is 11.7. The molecule has 0 radical (unpaired) electrons. The smallest absolute Gasteiger partial charge is 0.153 e. The molecule has 1 atom stereocenters. The summed E-state index contributed by atoms with van der Waals surface area (Å²) in [6.07, 6.45) is 1.52. The van der Waals surface area contributed by atoms with Crippen molar-refractivity contribution in [3.05, 3.63) is 28.2 Å². The highest BCUT2D eigenvalue weighted by Crippen LogP contribution is 2.41. The SMILES string of the molecule is CC1(C)CC(Oc2c(Br)cccc2C=O)C(C)(C)O1. The summed E-state index contributed by atoms with van der Waals surface area (Å²) in [7, 11) is 0. The molecule has 0 spiro atoms. The van der Waals surface area contributed by atoms with Crippen LogP contribution in [0.2, 0.25) is 0 Å². The number of carbonyl (C=O) groups is 1. The quantitative estimate of drug-likeness (QED) is 0.788. The number of hydrogen-bond acceptors (Lipinski definition) is 3. The summed E-state index contributed by atoms with van der Waals surface area (Å²) in [6.45, 7) is 8.14. The Hall–Kier alpha value is -0.870. The number of halogens is 1. The Morgan fingerprint density at radius 1 is 1.37 bits per heavy atom. The van der Waals surface area contributed by atoms with Crippen molar-refractivity contribution in [3.63, 3.8) is 0 Å². The van der Waals surface area contributed by atoms with Gasteiger partial charge in [-0.15, -0.1) is 0 Å². The van der Waals surface area contributed by atoms with Crippen molar-refractivity contribution in [1.29, 1.82) is 0 Å². The lowest BCUT2D eigenvalue weighted by molar-refractivity contribution is -0.0847. The van der Waals surface area contributed by atoms with Crippen molar-refractivity contribution in [1.82, 2.24) is 0 Å². The lowest BCUT2D eigenvalue weighted by atomic mass is 9.97. The van der Waals surface area contributed by atoms with Crippen molar-refractivity contribution in [2.75, 3.05) is 0 Å². The van der Waals surface area contributed by atoms with Crippen LogP contribution < -0.4 is 4.74 Å². The Kier molecular flexibility index (Phi) is 3.76. The van der Waals surface area contributed by atoms with Crippen LogP contribution in [0.4, 0.5) is 0 Å². The van der Waals surface area contributed by atoms with Gasteiger partial charge in [-0.2, -0.15) is 0 Å². The van der Waals surface area contributed by atoms with Crippen molar-refractivity contribution in [2.45, 2.75) is 51.4 Å². The second-order valence-electron chi connectivity index (χ2n) is 6.05. The molecule has 0 aliphatic carbocycles. The molecule has 2 rings (SSSR count). The second kappa shape index (κ2) is 4.91. The third kappa shape index (κ3) is 3.00. The molecule has 1 unspecified atom stereocenters. The van der Waals surface area contributed by atoms with Gasteiger partial charge in [0.2, 0.25) is 0 Å². The van der Waals surface area contributed by atoms with E-state index in [0.717, 1.165) is 17.2 Å². The molecule has 0 N–H and O–H groups in total. The standard InChI is InChI=1S/C15H19BrO3/c1-14(2)8-12(15(3,4)19-14)18-13-10(9-17)6-5-7-11(13)16/h5-7,9,12H,8H2,1-4H3. The van der Waals surface area contributed by atoms with Crippen molar-refractivity contribution in [2.24, 2.45) is 0 Å². The third-order valence-electron chi connectivity index (χ3n) is 3.38. The molecule has 0 amide bonds. The summed E-state index contributed by atoms with van der Waals surface area (Å²) in [5, 5.41) is 0. The minimum atomic E-state index is -0.376. The zero-order chi connectivity index (χ0) is 14.3. The van der Waals surface area contributed by atoms with E-state index in [9.17, 15) is 4.79 Å². The molecule has 104 valence electrons. The lowest BCUT2D eigenvalue weighted by Crippen LogP contribution is -2.37. The maximum Gasteiger partial charge on any atom is 0.153 e. The number of carbonyl (C=O) groups excluding carboxylic acids is 1. The summed E-state index contributed by atoms with van der Waals surface area (Å²) in [4.78, 5) is 11.1. The Labute approximate surface area is 122 Å². The molecular weight excluding hydrogens is 308 g/mol. The molecule has 1 heterocycles. The Balaban J connectivity index is 2.29. The maximum atomic E-state index is 11.1. The molecule has 0 bridgehead atoms. The summed E-state index contributed by atoms with van der Waals surface area (Å²) < 4.78 is 12.9. The maximum absolute atomic E-state index is 11.1. The van der Waals surface area contributed by atoms with E-state index in [1.807, 2.05) is 26.0 Å². The van der Waals surface area contributed by atoms with Crippen LogP contribution in [0.1, 0.15) is 44.5 Å². The van der Waals surface area contributed by atoms with E-state index in [-0.39, 0.29) is 17.3 Å². The van der Waals surface area contributed by atoms with E-state index in [4.69, 9.17) is 9.47 Å². The van der Waals surface area contributed by atoms with Gasteiger partial charge >= 0.3 is 0 Å². The molecule has 1 fully saturated rings. The fourth-order valence-corrected chi connectivity index (χ4v) is 3.06. The minimum absolute atomic E-state index is 0.0834. The summed E-state index contributed by atoms with van der Waals surface area (Å²) >= 11 is 3.44. The third-order valence-corrected chi connectivity index (χ3v) is 4.00. The summed E-state index contributed by atoms with van der Waals surface area (Å²) in [6, 6.07) is 5.44. The number of rotatable bonds is 3. The number of ether oxygens (including phenoxy) is 2. The van der Waals surface area contributed by atoms with E-state index in [0.29, 0.717) is 11.3 Å². The van der Waals surface area contributed by atoms with E-state index in [1.165, 1.54) is 0 Å². The van der Waals surface area contributed by atoms with E-state index in [2.05, 4.69) is 29.8 Å². The van der Waals surface area contributed by atoms with Crippen LogP contribution in [0, 0.1) is 0 Å². The van der Waals surface area contributed by atoms with E-state index >= 15 is 0 Å². The largest absolute Gasteiger partial charge is 0.485 e. The normalized spacial score (nSPS) is 24.2. The number of benzene rings is 1. The van der Waals surface area contributed by atoms with Gasteiger partial charge in [0.25, 0.3) is 0 Å². The van der Waals surface area contributed by atoms with E-state index < -0.39 is 0 Å². The number of hydrogen-bond donors (Lipinski definition) is 0. The molecule has 1 aromatic carbocycles. The predicted octanol–water partition coefficient (Wildman–Crippen LogP) is 3.99. The average Bonchev–Trinajstić information content (AvgIpc) is 2.49. The van der Waals surface area contributed by atoms with E-state index in [1.54, 1.807) is 6.07 Å². The van der Waals surface area contributed by atoms with Gasteiger partial charge in [-0.05, 0) is 55.8 Å². The van der Waals surface area contributed by atoms with Gasteiger partial charge in [-0.1, -0.05) is 6.07 Å². The van der Waals surface area contributed by atoms with Crippen molar-refractivity contribution >= 4 is 22.2 Å². The van der Waals surface area contributed by atoms with Gasteiger partial charge in [0.05, 0.1) is 15.6 Å². The Morgan fingerprint density at radius 3 is 2.58 bits per heavy atom. The molecule has 0 saturated carbocycles. The molecule has 1 aromatic rings. The Bertz CT molecular complexity index is 494. The van der Waals surface area contributed by atoms with Crippen molar-refractivity contribution in [3.8, 4) is 5.75 Å². The van der Waals surface area contributed by atoms with Crippen LogP contribution in [0.3, 0.4) is 0 Å². The Morgan fingerprint density at radius 2 is 2.05 bits per heavy atom. The fraction of sp³-hybridized carbons (Fsp3) is 0.533. The number of aldehydes is 1. The lowest BCUT2D eigenvalue weighted by Gasteiger charge is -2.28. The van der Waals surface area contributed by atoms with Crippen LogP contribution in [0.25, 0.3) is 0 Å². The van der Waals surface area contributed by atoms with Gasteiger partial charge in [-0.25, -0.2) is 0 Å². The molecule has 1 saturated heterocycles. The average molecular weight is 327 g/mol. The fourth-order valence-electron chi connectivity index (χ4n) is 2.58. The topological polar surface area (TPSA) is 35.5 Å². The first-order valence-electron chi connectivity index (χ1n) is 6.36. The van der Waals surface area contributed by atoms with Gasteiger partial charge in [0, 0.05) is 6.42 Å². The molecular formula is C15H19BrO3. The highest BCUT2D eigenvalue weighted by atomic mass is 79.9. The van der Waals surface area contributed by atoms with Gasteiger partial charge in [0.15, 0.2) is 6.29 Å². The zero-order valence-corrected chi connectivity index (χ0v) is 13.3. The van der Waals surface area contributed by atoms with Crippen molar-refractivity contribution < 1.29 is 14.3 Å². The van der Waals surface area contributed by atoms with Crippen LogP contribution >= 0.6 is 15.9 Å². The molecule has 4 heteroatoms. The molecule has 1 aliphatic rings. The second-order valence-corrected chi connectivity index (χ2v) is 6.91. The molecule has 19 heavy (non-hydrogen) atoms. The first kappa shape index (κ1) is 14.5. The van der Waals surface area contributed by atoms with Crippen LogP contribution in [0.15, 0.2) is 22.7 Å². The highest BCUT2D eigenvalue weighted by molar-refractivity contribution is 9.10. The van der Waals surface area contributed by atoms with Gasteiger partial charge < -0.3 is 9.47 Å².